The summed E-state index contributed by atoms with van der Waals surface area (Å²) in [6, 6.07) is 33.4. The summed E-state index contributed by atoms with van der Waals surface area (Å²) in [5, 5.41) is 0.792. The predicted octanol–water partition coefficient (Wildman–Crippen LogP) is 10.7. The van der Waals surface area contributed by atoms with Crippen LogP contribution in [0.1, 0.15) is 55.5 Å². The summed E-state index contributed by atoms with van der Waals surface area (Å²) in [5.41, 5.74) is 7.30. The van der Waals surface area contributed by atoms with Crippen molar-refractivity contribution in [2.45, 2.75) is 60.4 Å². The van der Waals surface area contributed by atoms with E-state index in [4.69, 9.17) is 23.4 Å². The molecule has 0 bridgehead atoms. The van der Waals surface area contributed by atoms with Crippen molar-refractivity contribution in [1.29, 1.82) is 0 Å². The Balaban J connectivity index is 1.61. The molecule has 0 fully saturated rings. The van der Waals surface area contributed by atoms with E-state index >= 15 is 4.79 Å². The zero-order valence-corrected chi connectivity index (χ0v) is 30.0. The van der Waals surface area contributed by atoms with E-state index in [0.717, 1.165) is 33.4 Å². The minimum absolute atomic E-state index is 0.201. The standard InChI is InChI=1S/C45H44O6/c1-30(2)21-23-35-37(48-27-32-15-9-6-10-16-32)25-39-42(45(35)50-29-34-19-13-8-14-20-34)43(46)41-36(24-22-31(3)4)44(47-5)40(26-38(41)51-39)49-28-33-17-11-7-12-18-33/h6-22,25-26H,23-24,27-29H2,1-5H3. The Kier molecular flexibility index (Phi) is 11.2. The fraction of sp³-hybridized carbons (Fsp3) is 0.222. The number of benzene rings is 5. The highest BCUT2D eigenvalue weighted by Crippen LogP contribution is 2.42. The fourth-order valence-electron chi connectivity index (χ4n) is 6.01. The normalized spacial score (nSPS) is 10.9. The summed E-state index contributed by atoms with van der Waals surface area (Å²) in [6.07, 6.45) is 5.15. The second kappa shape index (κ2) is 16.3. The SMILES string of the molecule is COc1c(OCc2ccccc2)cc2oc3cc(OCc4ccccc4)c(CC=C(C)C)c(OCc4ccccc4)c3c(=O)c2c1CC=C(C)C. The van der Waals surface area contributed by atoms with Gasteiger partial charge in [0.1, 0.15) is 47.9 Å². The molecule has 6 nitrogen and oxygen atoms in total. The third-order valence-corrected chi connectivity index (χ3v) is 8.62. The highest BCUT2D eigenvalue weighted by atomic mass is 16.5. The first-order valence-electron chi connectivity index (χ1n) is 17.3. The highest BCUT2D eigenvalue weighted by Gasteiger charge is 2.25. The smallest absolute Gasteiger partial charge is 0.204 e. The number of hydrogen-bond donors (Lipinski definition) is 0. The van der Waals surface area contributed by atoms with Crippen LogP contribution in [-0.4, -0.2) is 7.11 Å². The molecular weight excluding hydrogens is 636 g/mol. The van der Waals surface area contributed by atoms with Crippen molar-refractivity contribution in [3.63, 3.8) is 0 Å². The maximum Gasteiger partial charge on any atom is 0.204 e. The maximum absolute atomic E-state index is 15.0. The van der Waals surface area contributed by atoms with Gasteiger partial charge in [-0.2, -0.15) is 0 Å². The van der Waals surface area contributed by atoms with E-state index < -0.39 is 0 Å². The van der Waals surface area contributed by atoms with Crippen LogP contribution in [0.5, 0.6) is 23.0 Å². The molecule has 0 aliphatic carbocycles. The Morgan fingerprint density at radius 2 is 1.02 bits per heavy atom. The summed E-state index contributed by atoms with van der Waals surface area (Å²) < 4.78 is 32.2. The first-order chi connectivity index (χ1) is 24.8. The second-order valence-electron chi connectivity index (χ2n) is 13.0. The quantitative estimate of drug-likeness (QED) is 0.0843. The van der Waals surface area contributed by atoms with Gasteiger partial charge in [-0.15, -0.1) is 0 Å². The average molecular weight is 681 g/mol. The molecule has 0 aliphatic rings. The number of rotatable bonds is 14. The van der Waals surface area contributed by atoms with Crippen molar-refractivity contribution >= 4 is 21.9 Å². The Morgan fingerprint density at radius 1 is 0.569 bits per heavy atom. The summed E-state index contributed by atoms with van der Waals surface area (Å²) in [5.74, 6) is 2.04. The van der Waals surface area contributed by atoms with Crippen LogP contribution in [0.3, 0.4) is 0 Å². The first kappa shape index (κ1) is 35.1. The molecule has 0 unspecified atom stereocenters. The van der Waals surface area contributed by atoms with Gasteiger partial charge in [0.25, 0.3) is 0 Å². The van der Waals surface area contributed by atoms with Crippen LogP contribution in [0.4, 0.5) is 0 Å². The zero-order chi connectivity index (χ0) is 35.7. The first-order valence-corrected chi connectivity index (χ1v) is 17.3. The molecule has 6 heteroatoms. The van der Waals surface area contributed by atoms with Crippen LogP contribution in [0.15, 0.2) is 136 Å². The Morgan fingerprint density at radius 3 is 1.53 bits per heavy atom. The largest absolute Gasteiger partial charge is 0.493 e. The summed E-state index contributed by atoms with van der Waals surface area (Å²) in [6.45, 7) is 9.09. The third-order valence-electron chi connectivity index (χ3n) is 8.62. The number of hydrogen-bond acceptors (Lipinski definition) is 6. The lowest BCUT2D eigenvalue weighted by Gasteiger charge is -2.20. The van der Waals surface area contributed by atoms with Gasteiger partial charge < -0.3 is 23.4 Å². The van der Waals surface area contributed by atoms with Crippen molar-refractivity contribution < 1.29 is 23.4 Å². The molecular formula is C45H44O6. The molecule has 5 aromatic carbocycles. The minimum Gasteiger partial charge on any atom is -0.493 e. The molecule has 0 radical (unpaired) electrons. The molecule has 0 N–H and O–H groups in total. The summed E-state index contributed by atoms with van der Waals surface area (Å²) in [4.78, 5) is 15.0. The van der Waals surface area contributed by atoms with Crippen molar-refractivity contribution in [3.05, 3.63) is 164 Å². The van der Waals surface area contributed by atoms with E-state index in [1.165, 1.54) is 0 Å². The fourth-order valence-corrected chi connectivity index (χ4v) is 6.01. The Bertz CT molecular complexity index is 2230. The van der Waals surface area contributed by atoms with Crippen LogP contribution in [-0.2, 0) is 32.7 Å². The van der Waals surface area contributed by atoms with Crippen LogP contribution < -0.4 is 24.4 Å². The molecule has 1 heterocycles. The lowest BCUT2D eigenvalue weighted by molar-refractivity contribution is 0.283. The van der Waals surface area contributed by atoms with Crippen LogP contribution in [0, 0.1) is 0 Å². The number of ether oxygens (including phenoxy) is 4. The lowest BCUT2D eigenvalue weighted by Crippen LogP contribution is -2.12. The minimum atomic E-state index is -0.201. The van der Waals surface area contributed by atoms with E-state index in [-0.39, 0.29) is 12.0 Å². The van der Waals surface area contributed by atoms with E-state index in [1.54, 1.807) is 13.2 Å². The van der Waals surface area contributed by atoms with Crippen molar-refractivity contribution in [2.75, 3.05) is 7.11 Å². The lowest BCUT2D eigenvalue weighted by atomic mass is 9.98. The van der Waals surface area contributed by atoms with Gasteiger partial charge in [0, 0.05) is 23.3 Å². The maximum atomic E-state index is 15.0. The molecule has 6 aromatic rings. The van der Waals surface area contributed by atoms with Gasteiger partial charge in [0.15, 0.2) is 11.5 Å². The average Bonchev–Trinajstić information content (AvgIpc) is 3.14. The Labute approximate surface area is 299 Å². The van der Waals surface area contributed by atoms with Crippen LogP contribution >= 0.6 is 0 Å². The van der Waals surface area contributed by atoms with Gasteiger partial charge in [0.2, 0.25) is 5.43 Å². The van der Waals surface area contributed by atoms with Crippen LogP contribution in [0.2, 0.25) is 0 Å². The van der Waals surface area contributed by atoms with Gasteiger partial charge >= 0.3 is 0 Å². The molecule has 0 saturated carbocycles. The molecule has 260 valence electrons. The van der Waals surface area contributed by atoms with Crippen molar-refractivity contribution in [1.82, 2.24) is 0 Å². The van der Waals surface area contributed by atoms with Crippen molar-refractivity contribution in [3.8, 4) is 23.0 Å². The van der Waals surface area contributed by atoms with Gasteiger partial charge in [-0.05, 0) is 57.2 Å². The number of allylic oxidation sites excluding steroid dienone is 4. The summed E-state index contributed by atoms with van der Waals surface area (Å²) >= 11 is 0. The second-order valence-corrected chi connectivity index (χ2v) is 13.0. The number of methoxy groups -OCH3 is 1. The Hall–Kier alpha value is -5.75. The van der Waals surface area contributed by atoms with Gasteiger partial charge in [-0.3, -0.25) is 4.79 Å². The molecule has 0 saturated heterocycles. The van der Waals surface area contributed by atoms with Crippen molar-refractivity contribution in [2.24, 2.45) is 0 Å². The third kappa shape index (κ3) is 8.35. The van der Waals surface area contributed by atoms with E-state index in [1.807, 2.05) is 111 Å². The predicted molar refractivity (Wildman–Crippen MR) is 205 cm³/mol. The molecule has 6 rings (SSSR count). The van der Waals surface area contributed by atoms with E-state index in [2.05, 4.69) is 26.0 Å². The molecule has 0 atom stereocenters. The number of fused-ring (bicyclic) bond motifs is 2. The zero-order valence-electron chi connectivity index (χ0n) is 30.0. The monoisotopic (exact) mass is 680 g/mol. The topological polar surface area (TPSA) is 67.1 Å². The van der Waals surface area contributed by atoms with Crippen LogP contribution in [0.25, 0.3) is 21.9 Å². The molecule has 51 heavy (non-hydrogen) atoms. The van der Waals surface area contributed by atoms with E-state index in [9.17, 15) is 0 Å². The van der Waals surface area contributed by atoms with Gasteiger partial charge in [-0.1, -0.05) is 114 Å². The van der Waals surface area contributed by atoms with E-state index in [0.29, 0.717) is 76.6 Å². The molecule has 0 aliphatic heterocycles. The summed E-state index contributed by atoms with van der Waals surface area (Å²) in [7, 11) is 1.60. The molecule has 1 aromatic heterocycles. The molecule has 0 amide bonds. The molecule has 0 spiro atoms. The highest BCUT2D eigenvalue weighted by molar-refractivity contribution is 5.98. The van der Waals surface area contributed by atoms with Gasteiger partial charge in [0.05, 0.1) is 12.5 Å². The van der Waals surface area contributed by atoms with Gasteiger partial charge in [-0.25, -0.2) is 0 Å².